The van der Waals surface area contributed by atoms with E-state index < -0.39 is 5.82 Å². The van der Waals surface area contributed by atoms with Crippen LogP contribution in [-0.2, 0) is 9.53 Å². The van der Waals surface area contributed by atoms with Crippen molar-refractivity contribution in [1.82, 2.24) is 19.4 Å². The molecule has 0 spiro atoms. The van der Waals surface area contributed by atoms with Gasteiger partial charge in [0.25, 0.3) is 0 Å². The molecule has 0 aliphatic rings. The fourth-order valence-corrected chi connectivity index (χ4v) is 2.58. The first kappa shape index (κ1) is 21.1. The number of aromatic nitrogens is 4. The second-order valence-electron chi connectivity index (χ2n) is 6.66. The summed E-state index contributed by atoms with van der Waals surface area (Å²) in [4.78, 5) is 23.4. The smallest absolute Gasteiger partial charge is 0.234 e. The van der Waals surface area contributed by atoms with Crippen molar-refractivity contribution in [1.29, 1.82) is 0 Å². The maximum atomic E-state index is 14.2. The Morgan fingerprint density at radius 2 is 1.97 bits per heavy atom. The third-order valence-corrected chi connectivity index (χ3v) is 4.24. The predicted molar refractivity (Wildman–Crippen MR) is 113 cm³/mol. The van der Waals surface area contributed by atoms with Crippen molar-refractivity contribution in [2.75, 3.05) is 12.4 Å². The summed E-state index contributed by atoms with van der Waals surface area (Å²) in [5, 5.41) is 2.50. The molecule has 0 saturated heterocycles. The van der Waals surface area contributed by atoms with Crippen molar-refractivity contribution >= 4 is 17.9 Å². The summed E-state index contributed by atoms with van der Waals surface area (Å²) in [5.74, 6) is 0.0307. The Morgan fingerprint density at radius 3 is 2.63 bits per heavy atom. The highest BCUT2D eigenvalue weighted by Crippen LogP contribution is 2.26. The Morgan fingerprint density at radius 1 is 1.17 bits per heavy atom. The van der Waals surface area contributed by atoms with Crippen LogP contribution in [0.15, 0.2) is 61.3 Å². The van der Waals surface area contributed by atoms with Crippen LogP contribution in [0.2, 0.25) is 0 Å². The number of carbonyl (C=O) groups is 1. The maximum Gasteiger partial charge on any atom is 0.234 e. The predicted octanol–water partition coefficient (Wildman–Crippen LogP) is 4.21. The van der Waals surface area contributed by atoms with E-state index in [4.69, 9.17) is 4.74 Å². The van der Waals surface area contributed by atoms with Crippen LogP contribution in [0.5, 0.6) is 0 Å². The van der Waals surface area contributed by atoms with E-state index in [9.17, 15) is 9.18 Å². The molecule has 154 valence electrons. The van der Waals surface area contributed by atoms with Crippen LogP contribution in [0.3, 0.4) is 0 Å². The number of halogens is 1. The number of pyridine rings is 1. The lowest BCUT2D eigenvalue weighted by atomic mass is 10.1. The summed E-state index contributed by atoms with van der Waals surface area (Å²) in [7, 11) is 1.70. The number of methoxy groups -OCH3 is 1. The van der Waals surface area contributed by atoms with Gasteiger partial charge in [-0.05, 0) is 38.1 Å². The summed E-state index contributed by atoms with van der Waals surface area (Å²) in [5.41, 5.74) is 3.02. The first-order valence-electron chi connectivity index (χ1n) is 9.30. The third-order valence-electron chi connectivity index (χ3n) is 4.24. The highest BCUT2D eigenvalue weighted by Gasteiger charge is 2.12. The topological polar surface area (TPSA) is 81.4 Å². The average Bonchev–Trinajstić information content (AvgIpc) is 3.19. The van der Waals surface area contributed by atoms with Crippen molar-refractivity contribution < 1.29 is 13.9 Å². The van der Waals surface area contributed by atoms with E-state index >= 15 is 0 Å². The zero-order valence-electron chi connectivity index (χ0n) is 16.9. The molecule has 7 nitrogen and oxygen atoms in total. The van der Waals surface area contributed by atoms with E-state index in [1.165, 1.54) is 18.2 Å². The van der Waals surface area contributed by atoms with Gasteiger partial charge in [-0.2, -0.15) is 0 Å². The van der Waals surface area contributed by atoms with Gasteiger partial charge in [-0.3, -0.25) is 14.2 Å². The molecule has 4 aromatic rings. The first-order valence-corrected chi connectivity index (χ1v) is 9.30. The van der Waals surface area contributed by atoms with Crippen molar-refractivity contribution in [2.24, 2.45) is 0 Å². The van der Waals surface area contributed by atoms with Crippen LogP contribution in [0.4, 0.5) is 10.1 Å². The van der Waals surface area contributed by atoms with Crippen molar-refractivity contribution in [3.05, 3.63) is 67.1 Å². The molecule has 1 N–H and O–H groups in total. The van der Waals surface area contributed by atoms with Crippen LogP contribution in [0.1, 0.15) is 13.8 Å². The van der Waals surface area contributed by atoms with Crippen LogP contribution >= 0.6 is 0 Å². The van der Waals surface area contributed by atoms with E-state index in [1.807, 2.05) is 32.2 Å². The lowest BCUT2D eigenvalue weighted by molar-refractivity contribution is -0.105. The molecule has 0 unspecified atom stereocenters. The fraction of sp³-hybridized carbons (Fsp3) is 0.182. The van der Waals surface area contributed by atoms with Gasteiger partial charge in [-0.15, -0.1) is 0 Å². The minimum atomic E-state index is -0.424. The molecule has 0 saturated carbocycles. The Balaban J connectivity index is 0.000000461. The number of fused-ring (bicyclic) bond motifs is 1. The Labute approximate surface area is 173 Å². The molecule has 0 aliphatic carbocycles. The Bertz CT molecular complexity index is 1130. The summed E-state index contributed by atoms with van der Waals surface area (Å²) in [6.45, 7) is 4.00. The first-order chi connectivity index (χ1) is 14.5. The second kappa shape index (κ2) is 9.71. The number of benzene rings is 1. The number of carbonyl (C=O) groups excluding carboxylic acids is 1. The minimum absolute atomic E-state index is 0.292. The van der Waals surface area contributed by atoms with Gasteiger partial charge in [0.1, 0.15) is 5.82 Å². The number of rotatable bonds is 5. The van der Waals surface area contributed by atoms with Crippen molar-refractivity contribution in [2.45, 2.75) is 20.0 Å². The molecule has 30 heavy (non-hydrogen) atoms. The SMILES string of the molecule is COC(C)C.O=CNc1ccc(F)c(-c2cn3cc(-c4cccnc4)cnc3n2)c1. The summed E-state index contributed by atoms with van der Waals surface area (Å²) < 4.78 is 20.7. The molecule has 0 fully saturated rings. The van der Waals surface area contributed by atoms with Crippen LogP contribution in [-0.4, -0.2) is 39.0 Å². The zero-order chi connectivity index (χ0) is 21.5. The summed E-state index contributed by atoms with van der Waals surface area (Å²) in [6, 6.07) is 8.09. The number of nitrogens with zero attached hydrogens (tertiary/aromatic N) is 4. The average molecular weight is 407 g/mol. The number of amides is 1. The Kier molecular flexibility index (Phi) is 6.82. The molecule has 4 rings (SSSR count). The number of hydrogen-bond acceptors (Lipinski definition) is 5. The molecule has 1 amide bonds. The lowest BCUT2D eigenvalue weighted by Crippen LogP contribution is -1.95. The zero-order valence-corrected chi connectivity index (χ0v) is 16.9. The molecule has 0 aliphatic heterocycles. The molecule has 0 bridgehead atoms. The molecular formula is C22H22FN5O2. The summed E-state index contributed by atoms with van der Waals surface area (Å²) in [6.07, 6.45) is 9.64. The summed E-state index contributed by atoms with van der Waals surface area (Å²) >= 11 is 0. The molecule has 1 aromatic carbocycles. The van der Waals surface area contributed by atoms with Gasteiger partial charge in [0.05, 0.1) is 11.8 Å². The highest BCUT2D eigenvalue weighted by molar-refractivity contribution is 5.75. The van der Waals surface area contributed by atoms with Crippen LogP contribution in [0, 0.1) is 5.82 Å². The Hall–Kier alpha value is -3.65. The lowest BCUT2D eigenvalue weighted by Gasteiger charge is -2.03. The highest BCUT2D eigenvalue weighted by atomic mass is 19.1. The molecular weight excluding hydrogens is 385 g/mol. The van der Waals surface area contributed by atoms with Gasteiger partial charge in [0.2, 0.25) is 12.2 Å². The van der Waals surface area contributed by atoms with Crippen LogP contribution in [0.25, 0.3) is 28.2 Å². The van der Waals surface area contributed by atoms with Crippen LogP contribution < -0.4 is 5.32 Å². The largest absolute Gasteiger partial charge is 0.382 e. The fourth-order valence-electron chi connectivity index (χ4n) is 2.58. The van der Waals surface area contributed by atoms with E-state index in [2.05, 4.69) is 20.3 Å². The van der Waals surface area contributed by atoms with Crippen molar-refractivity contribution in [3.63, 3.8) is 0 Å². The van der Waals surface area contributed by atoms with Gasteiger partial charge in [-0.25, -0.2) is 14.4 Å². The number of nitrogens with one attached hydrogen (secondary N) is 1. The molecule has 3 heterocycles. The van der Waals surface area contributed by atoms with Crippen molar-refractivity contribution in [3.8, 4) is 22.4 Å². The maximum absolute atomic E-state index is 14.2. The molecule has 8 heteroatoms. The number of imidazole rings is 1. The second-order valence-corrected chi connectivity index (χ2v) is 6.66. The molecule has 3 aromatic heterocycles. The molecule has 0 radical (unpaired) electrons. The van der Waals surface area contributed by atoms with E-state index in [1.54, 1.807) is 36.3 Å². The van der Waals surface area contributed by atoms with Gasteiger partial charge in [0, 0.05) is 60.5 Å². The van der Waals surface area contributed by atoms with E-state index in [0.717, 1.165) is 11.1 Å². The standard InChI is InChI=1S/C18H12FN5O.C4H10O/c19-16-4-3-14(22-11-25)6-15(16)17-10-24-9-13(8-21-18(24)23-17)12-2-1-5-20-7-12;1-4(2)5-3/h1-11H,(H,22,25);4H,1-3H3. The minimum Gasteiger partial charge on any atom is -0.382 e. The number of hydrogen-bond donors (Lipinski definition) is 1. The molecule has 0 atom stereocenters. The van der Waals surface area contributed by atoms with E-state index in [-0.39, 0.29) is 0 Å². The third kappa shape index (κ3) is 5.03. The van der Waals surface area contributed by atoms with Gasteiger partial charge in [-0.1, -0.05) is 6.07 Å². The van der Waals surface area contributed by atoms with Gasteiger partial charge >= 0.3 is 0 Å². The number of anilines is 1. The van der Waals surface area contributed by atoms with Gasteiger partial charge < -0.3 is 10.1 Å². The normalized spacial score (nSPS) is 10.6. The van der Waals surface area contributed by atoms with Gasteiger partial charge in [0.15, 0.2) is 0 Å². The van der Waals surface area contributed by atoms with E-state index in [0.29, 0.717) is 35.2 Å². The quantitative estimate of drug-likeness (QED) is 0.501. The monoisotopic (exact) mass is 407 g/mol. The number of ether oxygens (including phenoxy) is 1.